The molecule has 7 heteroatoms. The van der Waals surface area contributed by atoms with Crippen LogP contribution >= 0.6 is 0 Å². The molecule has 1 aliphatic rings. The number of carbonyl (C=O) groups excluding carboxylic acids is 1. The Morgan fingerprint density at radius 3 is 2.43 bits per heavy atom. The van der Waals surface area contributed by atoms with E-state index in [0.717, 1.165) is 9.87 Å². The lowest BCUT2D eigenvalue weighted by atomic mass is 9.99. The van der Waals surface area contributed by atoms with Gasteiger partial charge in [-0.25, -0.2) is 4.79 Å². The van der Waals surface area contributed by atoms with Gasteiger partial charge in [0.05, 0.1) is 18.2 Å². The van der Waals surface area contributed by atoms with Gasteiger partial charge < -0.3 is 4.74 Å². The highest BCUT2D eigenvalue weighted by molar-refractivity contribution is 7.86. The van der Waals surface area contributed by atoms with E-state index in [-0.39, 0.29) is 6.61 Å². The Morgan fingerprint density at radius 1 is 1.24 bits per heavy atom. The second-order valence-electron chi connectivity index (χ2n) is 4.66. The van der Waals surface area contributed by atoms with E-state index >= 15 is 0 Å². The molecule has 0 saturated carbocycles. The maximum Gasteiger partial charge on any atom is 0.337 e. The molecule has 0 radical (unpaired) electrons. The van der Waals surface area contributed by atoms with E-state index in [2.05, 4.69) is 0 Å². The van der Waals surface area contributed by atoms with Gasteiger partial charge in [-0.3, -0.25) is 4.31 Å². The van der Waals surface area contributed by atoms with E-state index in [0.29, 0.717) is 5.57 Å². The van der Waals surface area contributed by atoms with Crippen LogP contribution in [0.15, 0.2) is 42.1 Å². The molecule has 0 spiro atoms. The molecule has 0 saturated heterocycles. The van der Waals surface area contributed by atoms with Gasteiger partial charge in [0, 0.05) is 20.3 Å². The highest BCUT2D eigenvalue weighted by Gasteiger charge is 2.40. The van der Waals surface area contributed by atoms with Gasteiger partial charge in [-0.15, -0.1) is 0 Å². The minimum atomic E-state index is -3.64. The number of hydrogen-bond acceptors (Lipinski definition) is 4. The van der Waals surface area contributed by atoms with Crippen molar-refractivity contribution in [2.75, 3.05) is 20.7 Å². The Bertz CT molecular complexity index is 655. The summed E-state index contributed by atoms with van der Waals surface area (Å²) in [5.74, 6) is -0.514. The molecule has 1 unspecified atom stereocenters. The summed E-state index contributed by atoms with van der Waals surface area (Å²) in [5.41, 5.74) is 1.01. The second kappa shape index (κ2) is 5.87. The fourth-order valence-electron chi connectivity index (χ4n) is 2.27. The Balaban J connectivity index is 2.55. The van der Waals surface area contributed by atoms with Crippen molar-refractivity contribution in [2.45, 2.75) is 13.0 Å². The zero-order valence-electron chi connectivity index (χ0n) is 12.2. The summed E-state index contributed by atoms with van der Waals surface area (Å²) in [6.07, 6.45) is 1.32. The van der Waals surface area contributed by atoms with E-state index < -0.39 is 22.2 Å². The Hall–Kier alpha value is -1.86. The molecule has 0 aliphatic carbocycles. The van der Waals surface area contributed by atoms with Crippen LogP contribution in [0.1, 0.15) is 18.5 Å². The van der Waals surface area contributed by atoms with Gasteiger partial charge in [0.25, 0.3) is 0 Å². The summed E-state index contributed by atoms with van der Waals surface area (Å²) in [6, 6.07) is 8.32. The van der Waals surface area contributed by atoms with E-state index in [4.69, 9.17) is 4.74 Å². The van der Waals surface area contributed by atoms with Gasteiger partial charge in [-0.05, 0) is 12.5 Å². The fraction of sp³-hybridized carbons (Fsp3) is 0.357. The van der Waals surface area contributed by atoms with Crippen molar-refractivity contribution >= 4 is 16.2 Å². The van der Waals surface area contributed by atoms with Crippen LogP contribution in [-0.2, 0) is 19.7 Å². The van der Waals surface area contributed by atoms with Crippen LogP contribution in [0.3, 0.4) is 0 Å². The fourth-order valence-corrected chi connectivity index (χ4v) is 3.42. The standard InChI is InChI=1S/C14H18N2O4S/c1-4-20-14(17)12-10-15(2)21(18,19)16(3)13(12)11-8-6-5-7-9-11/h5-10,13H,4H2,1-3H3. The van der Waals surface area contributed by atoms with Crippen LogP contribution in [0.5, 0.6) is 0 Å². The van der Waals surface area contributed by atoms with Crippen molar-refractivity contribution in [3.8, 4) is 0 Å². The Kier molecular flexibility index (Phi) is 4.34. The van der Waals surface area contributed by atoms with Crippen LogP contribution in [-0.4, -0.2) is 43.7 Å². The average Bonchev–Trinajstić information content (AvgIpc) is 2.46. The quantitative estimate of drug-likeness (QED) is 0.789. The molecule has 0 bridgehead atoms. The van der Waals surface area contributed by atoms with Gasteiger partial charge in [0.2, 0.25) is 0 Å². The summed E-state index contributed by atoms with van der Waals surface area (Å²) in [4.78, 5) is 12.1. The number of likely N-dealkylation sites (N-methyl/N-ethyl adjacent to an activating group) is 1. The lowest BCUT2D eigenvalue weighted by molar-refractivity contribution is -0.139. The first-order chi connectivity index (χ1) is 9.89. The third-order valence-corrected chi connectivity index (χ3v) is 5.11. The van der Waals surface area contributed by atoms with Crippen LogP contribution in [0.4, 0.5) is 0 Å². The van der Waals surface area contributed by atoms with Crippen molar-refractivity contribution in [2.24, 2.45) is 0 Å². The normalized spacial score (nSPS) is 21.8. The zero-order chi connectivity index (χ0) is 15.6. The predicted octanol–water partition coefficient (Wildman–Crippen LogP) is 1.30. The third-order valence-electron chi connectivity index (χ3n) is 3.33. The first kappa shape index (κ1) is 15.5. The molecule has 0 amide bonds. The number of rotatable bonds is 3. The van der Waals surface area contributed by atoms with Gasteiger partial charge in [0.1, 0.15) is 0 Å². The van der Waals surface area contributed by atoms with Crippen molar-refractivity contribution in [3.63, 3.8) is 0 Å². The number of carbonyl (C=O) groups is 1. The maximum absolute atomic E-state index is 12.3. The van der Waals surface area contributed by atoms with Crippen molar-refractivity contribution in [1.82, 2.24) is 8.61 Å². The molecule has 2 rings (SSSR count). The molecule has 1 aliphatic heterocycles. The SMILES string of the molecule is CCOC(=O)C1=CN(C)S(=O)(=O)N(C)C1c1ccccc1. The molecular weight excluding hydrogens is 292 g/mol. The number of ether oxygens (including phenoxy) is 1. The van der Waals surface area contributed by atoms with E-state index in [1.807, 2.05) is 6.07 Å². The van der Waals surface area contributed by atoms with Gasteiger partial charge in [0.15, 0.2) is 0 Å². The summed E-state index contributed by atoms with van der Waals surface area (Å²) in [7, 11) is -0.787. The average molecular weight is 310 g/mol. The molecule has 0 aromatic heterocycles. The lowest BCUT2D eigenvalue weighted by Crippen LogP contribution is -2.45. The topological polar surface area (TPSA) is 66.9 Å². The smallest absolute Gasteiger partial charge is 0.337 e. The van der Waals surface area contributed by atoms with Crippen LogP contribution in [0.25, 0.3) is 0 Å². The molecule has 21 heavy (non-hydrogen) atoms. The summed E-state index contributed by atoms with van der Waals surface area (Å²) >= 11 is 0. The zero-order valence-corrected chi connectivity index (χ0v) is 13.0. The molecule has 0 fully saturated rings. The van der Waals surface area contributed by atoms with Crippen molar-refractivity contribution < 1.29 is 17.9 Å². The van der Waals surface area contributed by atoms with Gasteiger partial charge >= 0.3 is 16.2 Å². The monoisotopic (exact) mass is 310 g/mol. The van der Waals surface area contributed by atoms with Crippen molar-refractivity contribution in [1.29, 1.82) is 0 Å². The highest BCUT2D eigenvalue weighted by atomic mass is 32.2. The lowest BCUT2D eigenvalue weighted by Gasteiger charge is -2.36. The van der Waals surface area contributed by atoms with E-state index in [1.165, 1.54) is 24.6 Å². The first-order valence-corrected chi connectivity index (χ1v) is 7.94. The van der Waals surface area contributed by atoms with Crippen LogP contribution in [0, 0.1) is 0 Å². The molecule has 1 aromatic rings. The van der Waals surface area contributed by atoms with Gasteiger partial charge in [-0.2, -0.15) is 12.7 Å². The first-order valence-electron chi connectivity index (χ1n) is 6.54. The number of benzene rings is 1. The van der Waals surface area contributed by atoms with Crippen LogP contribution in [0.2, 0.25) is 0 Å². The minimum absolute atomic E-state index is 0.234. The summed E-state index contributed by atoms with van der Waals surface area (Å²) < 4.78 is 31.8. The second-order valence-corrected chi connectivity index (χ2v) is 6.71. The van der Waals surface area contributed by atoms with Crippen LogP contribution < -0.4 is 0 Å². The largest absolute Gasteiger partial charge is 0.463 e. The highest BCUT2D eigenvalue weighted by Crippen LogP contribution is 2.35. The Morgan fingerprint density at radius 2 is 1.86 bits per heavy atom. The van der Waals surface area contributed by atoms with Crippen molar-refractivity contribution in [3.05, 3.63) is 47.7 Å². The Labute approximate surface area is 124 Å². The predicted molar refractivity (Wildman–Crippen MR) is 78.3 cm³/mol. The summed E-state index contributed by atoms with van der Waals surface area (Å²) in [6.45, 7) is 1.95. The molecule has 6 nitrogen and oxygen atoms in total. The number of hydrogen-bond donors (Lipinski definition) is 0. The number of esters is 1. The summed E-state index contributed by atoms with van der Waals surface area (Å²) in [5, 5.41) is 0. The molecule has 114 valence electrons. The van der Waals surface area contributed by atoms with E-state index in [1.54, 1.807) is 31.2 Å². The van der Waals surface area contributed by atoms with Gasteiger partial charge in [-0.1, -0.05) is 30.3 Å². The molecule has 1 heterocycles. The minimum Gasteiger partial charge on any atom is -0.463 e. The maximum atomic E-state index is 12.3. The molecule has 1 atom stereocenters. The molecule has 0 N–H and O–H groups in total. The number of nitrogens with zero attached hydrogens (tertiary/aromatic N) is 2. The van der Waals surface area contributed by atoms with E-state index in [9.17, 15) is 13.2 Å². The third kappa shape index (κ3) is 2.79. The molecular formula is C14H18N2O4S. The molecule has 1 aromatic carbocycles.